The molecule has 0 fully saturated rings. The van der Waals surface area contributed by atoms with Crippen LogP contribution in [0.2, 0.25) is 0 Å². The van der Waals surface area contributed by atoms with Gasteiger partial charge in [0.05, 0.1) is 11.4 Å². The van der Waals surface area contributed by atoms with Crippen molar-refractivity contribution in [2.24, 2.45) is 0 Å². The van der Waals surface area contributed by atoms with E-state index in [1.165, 1.54) is 18.3 Å². The fourth-order valence-corrected chi connectivity index (χ4v) is 3.15. The average Bonchev–Trinajstić information content (AvgIpc) is 3.14. The maximum absolute atomic E-state index is 5.87. The highest BCUT2D eigenvalue weighted by molar-refractivity contribution is 5.52. The Bertz CT molecular complexity index is 842. The van der Waals surface area contributed by atoms with E-state index >= 15 is 0 Å². The monoisotopic (exact) mass is 321 g/mol. The number of hydrogen-bond donors (Lipinski definition) is 2. The molecule has 1 aliphatic rings. The van der Waals surface area contributed by atoms with Gasteiger partial charge in [0.25, 0.3) is 0 Å². The van der Waals surface area contributed by atoms with E-state index in [1.807, 2.05) is 18.2 Å². The number of aryl methyl sites for hydroxylation is 1. The molecule has 0 aliphatic heterocycles. The van der Waals surface area contributed by atoms with E-state index in [1.54, 1.807) is 11.0 Å². The van der Waals surface area contributed by atoms with Crippen LogP contribution in [0.15, 0.2) is 36.9 Å². The van der Waals surface area contributed by atoms with Crippen LogP contribution in [0, 0.1) is 0 Å². The highest BCUT2D eigenvalue weighted by atomic mass is 15.3. The number of nitrogen functional groups attached to an aromatic ring is 1. The topological polar surface area (TPSA) is 94.5 Å². The number of fused-ring (bicyclic) bond motifs is 1. The van der Waals surface area contributed by atoms with Crippen molar-refractivity contribution in [1.82, 2.24) is 24.7 Å². The van der Waals surface area contributed by atoms with Gasteiger partial charge in [-0.3, -0.25) is 0 Å². The Morgan fingerprint density at radius 1 is 1.12 bits per heavy atom. The van der Waals surface area contributed by atoms with Gasteiger partial charge < -0.3 is 11.1 Å². The molecule has 2 aromatic heterocycles. The number of nitrogens with zero attached hydrogens (tertiary/aromatic N) is 5. The Morgan fingerprint density at radius 3 is 2.88 bits per heavy atom. The molecule has 1 aromatic carbocycles. The first-order valence-corrected chi connectivity index (χ1v) is 8.13. The van der Waals surface area contributed by atoms with Gasteiger partial charge in [0.2, 0.25) is 5.95 Å². The molecule has 122 valence electrons. The maximum Gasteiger partial charge on any atom is 0.222 e. The number of nitrogens with one attached hydrogen (secondary N) is 1. The summed E-state index contributed by atoms with van der Waals surface area (Å²) < 4.78 is 1.76. The summed E-state index contributed by atoms with van der Waals surface area (Å²) in [5.74, 6) is 1.19. The highest BCUT2D eigenvalue weighted by Crippen LogP contribution is 2.26. The quantitative estimate of drug-likeness (QED) is 0.764. The third-order valence-electron chi connectivity index (χ3n) is 4.30. The summed E-state index contributed by atoms with van der Waals surface area (Å²) in [5.41, 5.74) is 10.3. The van der Waals surface area contributed by atoms with Gasteiger partial charge in [-0.05, 0) is 37.3 Å². The molecular formula is C17H19N7. The molecular weight excluding hydrogens is 302 g/mol. The minimum absolute atomic E-state index is 0.336. The van der Waals surface area contributed by atoms with E-state index < -0.39 is 0 Å². The molecule has 0 bridgehead atoms. The van der Waals surface area contributed by atoms with E-state index in [2.05, 4.69) is 31.4 Å². The van der Waals surface area contributed by atoms with Crippen molar-refractivity contribution in [2.45, 2.75) is 32.2 Å². The van der Waals surface area contributed by atoms with Gasteiger partial charge >= 0.3 is 0 Å². The number of aromatic nitrogens is 5. The molecule has 3 N–H and O–H groups in total. The number of rotatable bonds is 4. The number of anilines is 2. The van der Waals surface area contributed by atoms with Gasteiger partial charge in [-0.15, -0.1) is 0 Å². The van der Waals surface area contributed by atoms with Crippen LogP contribution in [0.25, 0.3) is 5.69 Å². The summed E-state index contributed by atoms with van der Waals surface area (Å²) in [6, 6.07) is 8.10. The molecule has 4 rings (SSSR count). The Morgan fingerprint density at radius 2 is 2.00 bits per heavy atom. The normalized spacial score (nSPS) is 13.5. The zero-order valence-electron chi connectivity index (χ0n) is 13.3. The van der Waals surface area contributed by atoms with Crippen LogP contribution in [-0.2, 0) is 19.4 Å². The molecule has 0 spiro atoms. The lowest BCUT2D eigenvalue weighted by Crippen LogP contribution is -2.15. The molecule has 24 heavy (non-hydrogen) atoms. The van der Waals surface area contributed by atoms with Crippen LogP contribution < -0.4 is 11.1 Å². The van der Waals surface area contributed by atoms with Gasteiger partial charge in [0, 0.05) is 12.1 Å². The molecule has 2 heterocycles. The lowest BCUT2D eigenvalue weighted by molar-refractivity contribution is 0.665. The molecule has 0 radical (unpaired) electrons. The van der Waals surface area contributed by atoms with Crippen LogP contribution >= 0.6 is 0 Å². The fourth-order valence-electron chi connectivity index (χ4n) is 3.15. The summed E-state index contributed by atoms with van der Waals surface area (Å²) in [7, 11) is 0. The number of hydrogen-bond acceptors (Lipinski definition) is 6. The van der Waals surface area contributed by atoms with Crippen molar-refractivity contribution in [3.63, 3.8) is 0 Å². The zero-order chi connectivity index (χ0) is 16.4. The van der Waals surface area contributed by atoms with Gasteiger partial charge in [0.15, 0.2) is 0 Å². The maximum atomic E-state index is 5.87. The predicted octanol–water partition coefficient (Wildman–Crippen LogP) is 2.13. The zero-order valence-corrected chi connectivity index (χ0v) is 13.3. The molecule has 0 unspecified atom stereocenters. The smallest absolute Gasteiger partial charge is 0.222 e. The minimum Gasteiger partial charge on any atom is -0.368 e. The summed E-state index contributed by atoms with van der Waals surface area (Å²) in [6.45, 7) is 0.638. The Labute approximate surface area is 140 Å². The van der Waals surface area contributed by atoms with Gasteiger partial charge in [-0.25, -0.2) is 14.6 Å². The van der Waals surface area contributed by atoms with Crippen LogP contribution in [0.1, 0.15) is 29.7 Å². The Kier molecular flexibility index (Phi) is 3.82. The average molecular weight is 321 g/mol. The second kappa shape index (κ2) is 6.27. The molecule has 0 saturated heterocycles. The van der Waals surface area contributed by atoms with E-state index in [-0.39, 0.29) is 0 Å². The van der Waals surface area contributed by atoms with Gasteiger partial charge in [0.1, 0.15) is 18.5 Å². The van der Waals surface area contributed by atoms with E-state index in [0.29, 0.717) is 12.5 Å². The van der Waals surface area contributed by atoms with Crippen LogP contribution in [0.3, 0.4) is 0 Å². The Hall–Kier alpha value is -2.96. The molecule has 1 aliphatic carbocycles. The highest BCUT2D eigenvalue weighted by Gasteiger charge is 2.17. The van der Waals surface area contributed by atoms with Crippen molar-refractivity contribution in [2.75, 3.05) is 11.1 Å². The third-order valence-corrected chi connectivity index (χ3v) is 4.30. The summed E-state index contributed by atoms with van der Waals surface area (Å²) >= 11 is 0. The third kappa shape index (κ3) is 2.80. The first-order valence-electron chi connectivity index (χ1n) is 8.13. The standard InChI is InChI=1S/C17H19N7/c18-17-22-14-7-3-2-6-13(14)16(23-17)20-9-12-5-1-4-8-15(12)24-11-19-10-21-24/h1,4-5,8,10-11H,2-3,6-7,9H2,(H3,18,20,22,23). The predicted molar refractivity (Wildman–Crippen MR) is 91.8 cm³/mol. The number of nitrogens with two attached hydrogens (primary N) is 1. The summed E-state index contributed by atoms with van der Waals surface area (Å²) in [4.78, 5) is 12.8. The second-order valence-corrected chi connectivity index (χ2v) is 5.89. The van der Waals surface area contributed by atoms with Gasteiger partial charge in [-0.1, -0.05) is 18.2 Å². The fraction of sp³-hybridized carbons (Fsp3) is 0.294. The first-order chi connectivity index (χ1) is 11.8. The van der Waals surface area contributed by atoms with E-state index in [9.17, 15) is 0 Å². The van der Waals surface area contributed by atoms with Crippen LogP contribution in [0.4, 0.5) is 11.8 Å². The van der Waals surface area contributed by atoms with Crippen molar-refractivity contribution >= 4 is 11.8 Å². The van der Waals surface area contributed by atoms with Crippen molar-refractivity contribution in [3.8, 4) is 5.69 Å². The lowest BCUT2D eigenvalue weighted by atomic mass is 9.96. The minimum atomic E-state index is 0.336. The Balaban J connectivity index is 1.62. The second-order valence-electron chi connectivity index (χ2n) is 5.89. The molecule has 7 nitrogen and oxygen atoms in total. The number of para-hydroxylation sites is 1. The van der Waals surface area contributed by atoms with Crippen molar-refractivity contribution in [3.05, 3.63) is 53.7 Å². The van der Waals surface area contributed by atoms with E-state index in [0.717, 1.165) is 42.0 Å². The van der Waals surface area contributed by atoms with Crippen LogP contribution in [0.5, 0.6) is 0 Å². The molecule has 0 atom stereocenters. The SMILES string of the molecule is Nc1nc2c(c(NCc3ccccc3-n3cncn3)n1)CCCC2. The van der Waals surface area contributed by atoms with Crippen molar-refractivity contribution < 1.29 is 0 Å². The number of benzene rings is 1. The first kappa shape index (κ1) is 14.6. The molecule has 3 aromatic rings. The summed E-state index contributed by atoms with van der Waals surface area (Å²) in [5, 5.41) is 7.66. The molecule has 0 saturated carbocycles. The summed E-state index contributed by atoms with van der Waals surface area (Å²) in [6.07, 6.45) is 7.55. The van der Waals surface area contributed by atoms with E-state index in [4.69, 9.17) is 5.73 Å². The van der Waals surface area contributed by atoms with Crippen LogP contribution in [-0.4, -0.2) is 24.7 Å². The molecule has 7 heteroatoms. The van der Waals surface area contributed by atoms with Gasteiger partial charge in [-0.2, -0.15) is 10.1 Å². The lowest BCUT2D eigenvalue weighted by Gasteiger charge is -2.19. The largest absolute Gasteiger partial charge is 0.368 e. The molecule has 0 amide bonds. The van der Waals surface area contributed by atoms with Crippen molar-refractivity contribution in [1.29, 1.82) is 0 Å².